The molecule has 1 fully saturated rings. The summed E-state index contributed by atoms with van der Waals surface area (Å²) >= 11 is 0. The third-order valence-electron chi connectivity index (χ3n) is 7.01. The molecule has 1 saturated carbocycles. The van der Waals surface area contributed by atoms with Crippen molar-refractivity contribution in [3.63, 3.8) is 0 Å². The summed E-state index contributed by atoms with van der Waals surface area (Å²) in [6.45, 7) is 1.35. The number of carbonyl (C=O) groups is 2. The van der Waals surface area contributed by atoms with Crippen LogP contribution in [-0.4, -0.2) is 39.2 Å². The predicted molar refractivity (Wildman–Crippen MR) is 131 cm³/mol. The summed E-state index contributed by atoms with van der Waals surface area (Å²) in [5, 5.41) is 7.93. The Bertz CT molecular complexity index is 1200. The minimum absolute atomic E-state index is 0.0281. The average molecular weight is 476 g/mol. The highest BCUT2D eigenvalue weighted by atomic mass is 19.1. The zero-order chi connectivity index (χ0) is 24.4. The van der Waals surface area contributed by atoms with Gasteiger partial charge in [-0.3, -0.25) is 9.48 Å². The predicted octanol–water partition coefficient (Wildman–Crippen LogP) is 4.42. The number of benzene rings is 2. The van der Waals surface area contributed by atoms with Gasteiger partial charge in [0.2, 0.25) is 0 Å². The number of amides is 3. The molecule has 8 heteroatoms. The summed E-state index contributed by atoms with van der Waals surface area (Å²) in [7, 11) is 1.91. The number of hydrogen-bond acceptors (Lipinski definition) is 3. The second kappa shape index (κ2) is 9.90. The van der Waals surface area contributed by atoms with Crippen LogP contribution in [0, 0.1) is 5.82 Å². The molecule has 3 aromatic rings. The third-order valence-corrected chi connectivity index (χ3v) is 7.01. The molecule has 1 N–H and O–H groups in total. The van der Waals surface area contributed by atoms with Gasteiger partial charge in [0.15, 0.2) is 0 Å². The lowest BCUT2D eigenvalue weighted by molar-refractivity contribution is 0.0984. The molecule has 1 aliphatic heterocycles. The Morgan fingerprint density at radius 1 is 1.09 bits per heavy atom. The topological polar surface area (TPSA) is 70.5 Å². The molecule has 0 radical (unpaired) electrons. The van der Waals surface area contributed by atoms with E-state index in [4.69, 9.17) is 5.10 Å². The number of urea groups is 1. The fourth-order valence-corrected chi connectivity index (χ4v) is 5.09. The van der Waals surface area contributed by atoms with Crippen molar-refractivity contribution in [1.82, 2.24) is 20.0 Å². The number of nitrogens with one attached hydrogen (secondary N) is 1. The lowest BCUT2D eigenvalue weighted by Crippen LogP contribution is -2.46. The molecule has 1 aliphatic carbocycles. The van der Waals surface area contributed by atoms with Crippen molar-refractivity contribution in [3.05, 3.63) is 82.9 Å². The average Bonchev–Trinajstić information content (AvgIpc) is 3.50. The van der Waals surface area contributed by atoms with Crippen molar-refractivity contribution >= 4 is 17.6 Å². The van der Waals surface area contributed by atoms with Crippen LogP contribution in [0.2, 0.25) is 0 Å². The van der Waals surface area contributed by atoms with Crippen LogP contribution < -0.4 is 10.2 Å². The van der Waals surface area contributed by atoms with E-state index in [0.717, 1.165) is 35.5 Å². The summed E-state index contributed by atoms with van der Waals surface area (Å²) in [5.41, 5.74) is 3.98. The first kappa shape index (κ1) is 23.1. The maximum absolute atomic E-state index is 13.5. The van der Waals surface area contributed by atoms with Crippen LogP contribution in [-0.2, 0) is 26.6 Å². The Kier molecular flexibility index (Phi) is 6.53. The van der Waals surface area contributed by atoms with Crippen LogP contribution >= 0.6 is 0 Å². The molecule has 0 atom stereocenters. The molecule has 2 heterocycles. The highest BCUT2D eigenvalue weighted by molar-refractivity contribution is 6.06. The van der Waals surface area contributed by atoms with E-state index in [9.17, 15) is 14.0 Å². The number of halogens is 1. The van der Waals surface area contributed by atoms with E-state index in [2.05, 4.69) is 5.32 Å². The molecule has 35 heavy (non-hydrogen) atoms. The molecule has 0 unspecified atom stereocenters. The summed E-state index contributed by atoms with van der Waals surface area (Å²) in [4.78, 5) is 29.9. The van der Waals surface area contributed by atoms with Crippen LogP contribution in [0.25, 0.3) is 0 Å². The normalized spacial score (nSPS) is 15.7. The van der Waals surface area contributed by atoms with Gasteiger partial charge in [-0.1, -0.05) is 31.0 Å². The summed E-state index contributed by atoms with van der Waals surface area (Å²) in [6.07, 6.45) is 5.13. The van der Waals surface area contributed by atoms with Crippen molar-refractivity contribution in [2.75, 3.05) is 11.4 Å². The third kappa shape index (κ3) is 4.92. The second-order valence-corrected chi connectivity index (χ2v) is 9.33. The van der Waals surface area contributed by atoms with Crippen molar-refractivity contribution in [3.8, 4) is 0 Å². The second-order valence-electron chi connectivity index (χ2n) is 9.33. The van der Waals surface area contributed by atoms with E-state index in [1.54, 1.807) is 4.90 Å². The number of aryl methyl sites for hydroxylation is 1. The first-order valence-electron chi connectivity index (χ1n) is 12.2. The number of nitrogens with zero attached hydrogens (tertiary/aromatic N) is 4. The maximum atomic E-state index is 13.5. The zero-order valence-corrected chi connectivity index (χ0v) is 19.9. The van der Waals surface area contributed by atoms with Gasteiger partial charge in [-0.25, -0.2) is 9.18 Å². The van der Waals surface area contributed by atoms with Gasteiger partial charge >= 0.3 is 6.03 Å². The van der Waals surface area contributed by atoms with Crippen molar-refractivity contribution in [2.45, 2.75) is 51.2 Å². The molecule has 3 amide bonds. The van der Waals surface area contributed by atoms with Gasteiger partial charge in [0.1, 0.15) is 5.82 Å². The van der Waals surface area contributed by atoms with E-state index in [1.807, 2.05) is 47.0 Å². The van der Waals surface area contributed by atoms with Crippen molar-refractivity contribution in [1.29, 1.82) is 0 Å². The molecule has 5 rings (SSSR count). The van der Waals surface area contributed by atoms with Gasteiger partial charge in [0.25, 0.3) is 5.91 Å². The van der Waals surface area contributed by atoms with Crippen molar-refractivity contribution in [2.24, 2.45) is 7.05 Å². The molecule has 0 bridgehead atoms. The van der Waals surface area contributed by atoms with E-state index in [-0.39, 0.29) is 30.3 Å². The fraction of sp³-hybridized carbons (Fsp3) is 0.370. The van der Waals surface area contributed by atoms with Crippen LogP contribution in [0.4, 0.5) is 14.9 Å². The number of anilines is 1. The van der Waals surface area contributed by atoms with Gasteiger partial charge in [-0.05, 0) is 49.2 Å². The molecule has 1 aromatic heterocycles. The number of aromatic nitrogens is 2. The van der Waals surface area contributed by atoms with Crippen LogP contribution in [0.15, 0.2) is 54.6 Å². The molecule has 7 nitrogen and oxygen atoms in total. The Morgan fingerprint density at radius 2 is 1.80 bits per heavy atom. The zero-order valence-electron chi connectivity index (χ0n) is 19.9. The minimum Gasteiger partial charge on any atom is -0.335 e. The summed E-state index contributed by atoms with van der Waals surface area (Å²) in [5.74, 6) is -0.621. The molecular formula is C27H30FN5O2. The van der Waals surface area contributed by atoms with E-state index >= 15 is 0 Å². The Morgan fingerprint density at radius 3 is 2.51 bits per heavy atom. The van der Waals surface area contributed by atoms with E-state index < -0.39 is 0 Å². The van der Waals surface area contributed by atoms with Gasteiger partial charge in [-0.2, -0.15) is 5.10 Å². The Labute approximate surface area is 204 Å². The highest BCUT2D eigenvalue weighted by Crippen LogP contribution is 2.27. The number of hydrogen-bond donors (Lipinski definition) is 1. The van der Waals surface area contributed by atoms with E-state index in [1.165, 1.54) is 37.1 Å². The smallest absolute Gasteiger partial charge is 0.317 e. The first-order chi connectivity index (χ1) is 17.0. The first-order valence-corrected chi connectivity index (χ1v) is 12.2. The molecule has 2 aliphatic rings. The number of para-hydroxylation sites is 1. The SMILES string of the molecule is Cn1nc(CN(C(=O)c2ccc(F)cc2)c2ccccc2)c2c1CCN(C(=O)NC1CCCC1)C2. The standard InChI is InChI=1S/C27H30FN5O2/c1-31-25-15-16-32(27(35)29-21-7-5-6-8-21)17-23(25)24(30-31)18-33(22-9-3-2-4-10-22)26(34)19-11-13-20(28)14-12-19/h2-4,9-14,21H,5-8,15-18H2,1H3,(H,29,35). The largest absolute Gasteiger partial charge is 0.335 e. The molecule has 0 saturated heterocycles. The quantitative estimate of drug-likeness (QED) is 0.594. The number of fused-ring (bicyclic) bond motifs is 1. The van der Waals surface area contributed by atoms with Crippen LogP contribution in [0.3, 0.4) is 0 Å². The monoisotopic (exact) mass is 475 g/mol. The molecular weight excluding hydrogens is 445 g/mol. The van der Waals surface area contributed by atoms with E-state index in [0.29, 0.717) is 25.1 Å². The molecule has 2 aromatic carbocycles. The molecule has 0 spiro atoms. The summed E-state index contributed by atoms with van der Waals surface area (Å²) < 4.78 is 15.3. The molecule has 182 valence electrons. The van der Waals surface area contributed by atoms with Gasteiger partial charge in [-0.15, -0.1) is 0 Å². The van der Waals surface area contributed by atoms with Gasteiger partial charge in [0, 0.05) is 48.6 Å². The van der Waals surface area contributed by atoms with Crippen LogP contribution in [0.1, 0.15) is 53.0 Å². The lowest BCUT2D eigenvalue weighted by atomic mass is 10.0. The Balaban J connectivity index is 1.41. The van der Waals surface area contributed by atoms with Crippen LogP contribution in [0.5, 0.6) is 0 Å². The van der Waals surface area contributed by atoms with Crippen molar-refractivity contribution < 1.29 is 14.0 Å². The Hall–Kier alpha value is -3.68. The number of carbonyl (C=O) groups excluding carboxylic acids is 2. The number of rotatable bonds is 5. The van der Waals surface area contributed by atoms with Gasteiger partial charge < -0.3 is 15.1 Å². The minimum atomic E-state index is -0.387. The fourth-order valence-electron chi connectivity index (χ4n) is 5.09. The highest BCUT2D eigenvalue weighted by Gasteiger charge is 2.30. The maximum Gasteiger partial charge on any atom is 0.317 e. The lowest BCUT2D eigenvalue weighted by Gasteiger charge is -2.30. The summed E-state index contributed by atoms with van der Waals surface area (Å²) in [6, 6.07) is 15.2. The van der Waals surface area contributed by atoms with Gasteiger partial charge in [0.05, 0.1) is 18.8 Å².